The van der Waals surface area contributed by atoms with Crippen LogP contribution in [0.1, 0.15) is 24.0 Å². The van der Waals surface area contributed by atoms with Gasteiger partial charge in [0.05, 0.1) is 5.69 Å². The zero-order valence-electron chi connectivity index (χ0n) is 9.24. The van der Waals surface area contributed by atoms with Gasteiger partial charge in [-0.15, -0.1) is 0 Å². The summed E-state index contributed by atoms with van der Waals surface area (Å²) in [5.41, 5.74) is 8.00. The number of aromatic nitrogens is 2. The van der Waals surface area contributed by atoms with E-state index in [0.29, 0.717) is 6.54 Å². The third-order valence-corrected chi connectivity index (χ3v) is 2.89. The molecule has 0 amide bonds. The van der Waals surface area contributed by atoms with E-state index in [1.54, 1.807) is 0 Å². The summed E-state index contributed by atoms with van der Waals surface area (Å²) >= 11 is 0. The number of nitrogens with zero attached hydrogens (tertiary/aromatic N) is 3. The van der Waals surface area contributed by atoms with Crippen LogP contribution in [0.2, 0.25) is 0 Å². The molecule has 0 spiro atoms. The summed E-state index contributed by atoms with van der Waals surface area (Å²) < 4.78 is 0. The maximum absolute atomic E-state index is 5.50. The summed E-state index contributed by atoms with van der Waals surface area (Å²) in [7, 11) is 0. The van der Waals surface area contributed by atoms with Crippen molar-refractivity contribution in [2.75, 3.05) is 19.6 Å². The first-order valence-corrected chi connectivity index (χ1v) is 5.59. The molecule has 0 aliphatic carbocycles. The molecule has 0 aromatic carbocycles. The van der Waals surface area contributed by atoms with Crippen molar-refractivity contribution in [3.8, 4) is 0 Å². The van der Waals surface area contributed by atoms with Crippen LogP contribution in [-0.2, 0) is 19.4 Å². The second kappa shape index (κ2) is 4.68. The SMILES string of the molecule is CCN1CCc2cnc(CCN)nc2C1. The van der Waals surface area contributed by atoms with E-state index in [4.69, 9.17) is 5.73 Å². The fourth-order valence-corrected chi connectivity index (χ4v) is 1.92. The Morgan fingerprint density at radius 3 is 3.13 bits per heavy atom. The van der Waals surface area contributed by atoms with Gasteiger partial charge in [-0.05, 0) is 25.1 Å². The Kier molecular flexibility index (Phi) is 3.28. The summed E-state index contributed by atoms with van der Waals surface area (Å²) in [5, 5.41) is 0. The van der Waals surface area contributed by atoms with E-state index in [1.807, 2.05) is 6.20 Å². The summed E-state index contributed by atoms with van der Waals surface area (Å²) in [4.78, 5) is 11.3. The van der Waals surface area contributed by atoms with Crippen molar-refractivity contribution in [2.45, 2.75) is 26.3 Å². The van der Waals surface area contributed by atoms with Gasteiger partial charge in [-0.1, -0.05) is 6.92 Å². The number of rotatable bonds is 3. The Morgan fingerprint density at radius 2 is 2.40 bits per heavy atom. The molecule has 0 saturated carbocycles. The topological polar surface area (TPSA) is 55.0 Å². The van der Waals surface area contributed by atoms with E-state index in [0.717, 1.165) is 38.3 Å². The van der Waals surface area contributed by atoms with Crippen molar-refractivity contribution in [2.24, 2.45) is 5.73 Å². The molecule has 0 saturated heterocycles. The van der Waals surface area contributed by atoms with Crippen LogP contribution in [0, 0.1) is 0 Å². The van der Waals surface area contributed by atoms with Gasteiger partial charge in [0.25, 0.3) is 0 Å². The molecule has 0 unspecified atom stereocenters. The minimum atomic E-state index is 0.621. The van der Waals surface area contributed by atoms with Crippen molar-refractivity contribution in [3.05, 3.63) is 23.3 Å². The van der Waals surface area contributed by atoms with Crippen LogP contribution in [0.25, 0.3) is 0 Å². The van der Waals surface area contributed by atoms with Gasteiger partial charge in [-0.3, -0.25) is 4.90 Å². The number of nitrogens with two attached hydrogens (primary N) is 1. The fraction of sp³-hybridized carbons (Fsp3) is 0.636. The molecule has 2 rings (SSSR count). The fourth-order valence-electron chi connectivity index (χ4n) is 1.92. The standard InChI is InChI=1S/C11H18N4/c1-2-15-6-4-9-7-13-11(3-5-12)14-10(9)8-15/h7H,2-6,8,12H2,1H3. The largest absolute Gasteiger partial charge is 0.330 e. The molecule has 1 aromatic rings. The molecule has 0 bridgehead atoms. The van der Waals surface area contributed by atoms with Crippen LogP contribution in [0.5, 0.6) is 0 Å². The maximum atomic E-state index is 5.50. The van der Waals surface area contributed by atoms with Gasteiger partial charge in [0.1, 0.15) is 5.82 Å². The highest BCUT2D eigenvalue weighted by Gasteiger charge is 2.16. The first-order valence-electron chi connectivity index (χ1n) is 5.59. The van der Waals surface area contributed by atoms with E-state index < -0.39 is 0 Å². The number of likely N-dealkylation sites (N-methyl/N-ethyl adjacent to an activating group) is 1. The van der Waals surface area contributed by atoms with Gasteiger partial charge in [-0.2, -0.15) is 0 Å². The quantitative estimate of drug-likeness (QED) is 0.775. The van der Waals surface area contributed by atoms with Crippen LogP contribution >= 0.6 is 0 Å². The molecule has 4 nitrogen and oxygen atoms in total. The molecule has 82 valence electrons. The van der Waals surface area contributed by atoms with Gasteiger partial charge in [0.2, 0.25) is 0 Å². The molecular formula is C11H18N4. The van der Waals surface area contributed by atoms with Crippen molar-refractivity contribution in [1.29, 1.82) is 0 Å². The molecule has 0 atom stereocenters. The van der Waals surface area contributed by atoms with Crippen LogP contribution in [0.4, 0.5) is 0 Å². The van der Waals surface area contributed by atoms with Crippen LogP contribution < -0.4 is 5.73 Å². The normalized spacial score (nSPS) is 16.4. The summed E-state index contributed by atoms with van der Waals surface area (Å²) in [6.45, 7) is 5.99. The molecule has 2 N–H and O–H groups in total. The second-order valence-electron chi connectivity index (χ2n) is 3.92. The number of fused-ring (bicyclic) bond motifs is 1. The monoisotopic (exact) mass is 206 g/mol. The number of hydrogen-bond acceptors (Lipinski definition) is 4. The smallest absolute Gasteiger partial charge is 0.129 e. The van der Waals surface area contributed by atoms with E-state index in [2.05, 4.69) is 21.8 Å². The lowest BCUT2D eigenvalue weighted by molar-refractivity contribution is 0.263. The van der Waals surface area contributed by atoms with Crippen LogP contribution in [-0.4, -0.2) is 34.5 Å². The Morgan fingerprint density at radius 1 is 1.53 bits per heavy atom. The van der Waals surface area contributed by atoms with E-state index in [1.165, 1.54) is 11.3 Å². The van der Waals surface area contributed by atoms with Gasteiger partial charge in [0.15, 0.2) is 0 Å². The van der Waals surface area contributed by atoms with Crippen molar-refractivity contribution < 1.29 is 0 Å². The van der Waals surface area contributed by atoms with E-state index in [9.17, 15) is 0 Å². The molecule has 0 radical (unpaired) electrons. The zero-order valence-corrected chi connectivity index (χ0v) is 9.24. The van der Waals surface area contributed by atoms with Crippen molar-refractivity contribution in [3.63, 3.8) is 0 Å². The van der Waals surface area contributed by atoms with Gasteiger partial charge >= 0.3 is 0 Å². The molecule has 0 fully saturated rings. The molecule has 15 heavy (non-hydrogen) atoms. The summed E-state index contributed by atoms with van der Waals surface area (Å²) in [6.07, 6.45) is 3.83. The average molecular weight is 206 g/mol. The highest BCUT2D eigenvalue weighted by molar-refractivity contribution is 5.20. The van der Waals surface area contributed by atoms with E-state index in [-0.39, 0.29) is 0 Å². The van der Waals surface area contributed by atoms with Crippen molar-refractivity contribution in [1.82, 2.24) is 14.9 Å². The van der Waals surface area contributed by atoms with Crippen LogP contribution in [0.15, 0.2) is 6.20 Å². The minimum Gasteiger partial charge on any atom is -0.330 e. The summed E-state index contributed by atoms with van der Waals surface area (Å²) in [5.74, 6) is 0.884. The minimum absolute atomic E-state index is 0.621. The lowest BCUT2D eigenvalue weighted by Crippen LogP contribution is -2.31. The zero-order chi connectivity index (χ0) is 10.7. The van der Waals surface area contributed by atoms with E-state index >= 15 is 0 Å². The first kappa shape index (κ1) is 10.5. The third-order valence-electron chi connectivity index (χ3n) is 2.89. The molecule has 4 heteroatoms. The molecule has 1 aromatic heterocycles. The highest BCUT2D eigenvalue weighted by atomic mass is 15.1. The van der Waals surface area contributed by atoms with Gasteiger partial charge in [0, 0.05) is 25.7 Å². The second-order valence-corrected chi connectivity index (χ2v) is 3.92. The third kappa shape index (κ3) is 2.33. The lowest BCUT2D eigenvalue weighted by atomic mass is 10.1. The lowest BCUT2D eigenvalue weighted by Gasteiger charge is -2.26. The van der Waals surface area contributed by atoms with Gasteiger partial charge in [-0.25, -0.2) is 9.97 Å². The summed E-state index contributed by atoms with van der Waals surface area (Å²) in [6, 6.07) is 0. The highest BCUT2D eigenvalue weighted by Crippen LogP contribution is 2.15. The predicted molar refractivity (Wildman–Crippen MR) is 59.4 cm³/mol. The van der Waals surface area contributed by atoms with Crippen molar-refractivity contribution >= 4 is 0 Å². The Hall–Kier alpha value is -1.00. The first-order chi connectivity index (χ1) is 7.33. The molecule has 1 aliphatic rings. The molecule has 2 heterocycles. The molecule has 1 aliphatic heterocycles. The Labute approximate surface area is 90.5 Å². The average Bonchev–Trinajstić information content (AvgIpc) is 2.28. The Bertz CT molecular complexity index is 337. The maximum Gasteiger partial charge on any atom is 0.129 e. The predicted octanol–water partition coefficient (Wildman–Crippen LogP) is 0.356. The van der Waals surface area contributed by atoms with Gasteiger partial charge < -0.3 is 5.73 Å². The van der Waals surface area contributed by atoms with Crippen LogP contribution in [0.3, 0.4) is 0 Å². The number of hydrogen-bond donors (Lipinski definition) is 1. The molecular weight excluding hydrogens is 188 g/mol. The Balaban J connectivity index is 2.19.